The summed E-state index contributed by atoms with van der Waals surface area (Å²) in [6, 6.07) is 23.8. The number of halogens is 3. The Kier molecular flexibility index (Phi) is 8.96. The molecule has 0 unspecified atom stereocenters. The average Bonchev–Trinajstić information content (AvgIpc) is 2.67. The maximum absolute atomic E-state index is 5.99. The minimum absolute atomic E-state index is 0. The zero-order valence-corrected chi connectivity index (χ0v) is 17.2. The summed E-state index contributed by atoms with van der Waals surface area (Å²) in [6.45, 7) is 2.19. The summed E-state index contributed by atoms with van der Waals surface area (Å²) in [5.41, 5.74) is 3.52. The van der Waals surface area contributed by atoms with Crippen molar-refractivity contribution in [2.24, 2.45) is 0 Å². The summed E-state index contributed by atoms with van der Waals surface area (Å²) in [5, 5.41) is 4.99. The van der Waals surface area contributed by atoms with Crippen molar-refractivity contribution in [3.8, 4) is 5.75 Å². The van der Waals surface area contributed by atoms with E-state index in [9.17, 15) is 0 Å². The molecular formula is C22H22Cl3NO. The van der Waals surface area contributed by atoms with E-state index >= 15 is 0 Å². The number of para-hydroxylation sites is 1. The zero-order valence-electron chi connectivity index (χ0n) is 14.8. The Balaban J connectivity index is 0.00000261. The van der Waals surface area contributed by atoms with Gasteiger partial charge in [0.2, 0.25) is 0 Å². The number of benzene rings is 3. The van der Waals surface area contributed by atoms with Crippen LogP contribution in [0, 0.1) is 0 Å². The van der Waals surface area contributed by atoms with Gasteiger partial charge < -0.3 is 10.1 Å². The minimum atomic E-state index is 0. The molecule has 0 bridgehead atoms. The predicted octanol–water partition coefficient (Wildman–Crippen LogP) is 6.33. The van der Waals surface area contributed by atoms with E-state index < -0.39 is 0 Å². The molecule has 0 atom stereocenters. The van der Waals surface area contributed by atoms with Crippen molar-refractivity contribution in [3.63, 3.8) is 0 Å². The van der Waals surface area contributed by atoms with Crippen molar-refractivity contribution in [1.82, 2.24) is 5.32 Å². The van der Waals surface area contributed by atoms with Crippen LogP contribution in [0.5, 0.6) is 5.75 Å². The minimum Gasteiger partial charge on any atom is -0.489 e. The van der Waals surface area contributed by atoms with Gasteiger partial charge in [-0.25, -0.2) is 0 Å². The van der Waals surface area contributed by atoms with Crippen LogP contribution in [-0.4, -0.2) is 6.54 Å². The number of ether oxygens (including phenoxy) is 1. The molecule has 27 heavy (non-hydrogen) atoms. The highest BCUT2D eigenvalue weighted by molar-refractivity contribution is 6.30. The average molecular weight is 423 g/mol. The highest BCUT2D eigenvalue weighted by Gasteiger charge is 2.04. The van der Waals surface area contributed by atoms with Gasteiger partial charge in [-0.3, -0.25) is 0 Å². The molecule has 0 radical (unpaired) electrons. The van der Waals surface area contributed by atoms with Gasteiger partial charge in [0.25, 0.3) is 0 Å². The van der Waals surface area contributed by atoms with Gasteiger partial charge >= 0.3 is 0 Å². The fraction of sp³-hybridized carbons (Fsp3) is 0.182. The second-order valence-corrected chi connectivity index (χ2v) is 6.95. The van der Waals surface area contributed by atoms with E-state index in [4.69, 9.17) is 27.9 Å². The molecule has 0 heterocycles. The first-order valence-corrected chi connectivity index (χ1v) is 9.36. The Bertz CT molecular complexity index is 820. The summed E-state index contributed by atoms with van der Waals surface area (Å²) in [5.74, 6) is 0.904. The van der Waals surface area contributed by atoms with Crippen LogP contribution in [-0.2, 0) is 19.6 Å². The van der Waals surface area contributed by atoms with E-state index in [1.807, 2.05) is 54.6 Å². The molecule has 0 amide bonds. The van der Waals surface area contributed by atoms with Crippen LogP contribution in [0.15, 0.2) is 72.8 Å². The third-order valence-electron chi connectivity index (χ3n) is 4.10. The number of hydrogen-bond donors (Lipinski definition) is 1. The first kappa shape index (κ1) is 21.6. The Morgan fingerprint density at radius 2 is 1.33 bits per heavy atom. The van der Waals surface area contributed by atoms with E-state index in [1.165, 1.54) is 5.56 Å². The molecule has 0 fully saturated rings. The third-order valence-corrected chi connectivity index (χ3v) is 4.60. The first-order valence-electron chi connectivity index (χ1n) is 8.61. The van der Waals surface area contributed by atoms with Gasteiger partial charge in [0.05, 0.1) is 0 Å². The van der Waals surface area contributed by atoms with Crippen LogP contribution in [0.3, 0.4) is 0 Å². The van der Waals surface area contributed by atoms with Crippen LogP contribution < -0.4 is 10.1 Å². The molecule has 0 saturated carbocycles. The second-order valence-electron chi connectivity index (χ2n) is 6.08. The monoisotopic (exact) mass is 421 g/mol. The van der Waals surface area contributed by atoms with Gasteiger partial charge in [-0.05, 0) is 54.4 Å². The number of hydrogen-bond acceptors (Lipinski definition) is 2. The van der Waals surface area contributed by atoms with E-state index in [0.717, 1.165) is 46.4 Å². The zero-order chi connectivity index (χ0) is 18.2. The molecule has 0 aliphatic heterocycles. The van der Waals surface area contributed by atoms with Gasteiger partial charge in [-0.2, -0.15) is 0 Å². The molecule has 0 saturated heterocycles. The van der Waals surface area contributed by atoms with Crippen molar-refractivity contribution >= 4 is 35.6 Å². The molecule has 3 aromatic rings. The standard InChI is InChI=1S/C22H21Cl2NO.ClH/c23-20-9-5-17(6-10-20)13-14-25-15-19-3-1-2-4-22(19)26-16-18-7-11-21(24)12-8-18;/h1-12,25H,13-16H2;1H. The summed E-state index contributed by atoms with van der Waals surface area (Å²) in [4.78, 5) is 0. The van der Waals surface area contributed by atoms with Gasteiger partial charge in [0.1, 0.15) is 12.4 Å². The van der Waals surface area contributed by atoms with Crippen molar-refractivity contribution in [2.75, 3.05) is 6.54 Å². The first-order chi connectivity index (χ1) is 12.7. The Hall–Kier alpha value is -1.71. The topological polar surface area (TPSA) is 21.3 Å². The lowest BCUT2D eigenvalue weighted by Gasteiger charge is -2.12. The fourth-order valence-electron chi connectivity index (χ4n) is 2.64. The molecule has 2 nitrogen and oxygen atoms in total. The van der Waals surface area contributed by atoms with Crippen LogP contribution in [0.2, 0.25) is 10.0 Å². The molecule has 3 rings (SSSR count). The third kappa shape index (κ3) is 7.08. The molecule has 1 N–H and O–H groups in total. The summed E-state index contributed by atoms with van der Waals surface area (Å²) < 4.78 is 5.99. The van der Waals surface area contributed by atoms with Gasteiger partial charge in [-0.15, -0.1) is 12.4 Å². The van der Waals surface area contributed by atoms with Crippen molar-refractivity contribution < 1.29 is 4.74 Å². The largest absolute Gasteiger partial charge is 0.489 e. The van der Waals surface area contributed by atoms with E-state index in [0.29, 0.717) is 6.61 Å². The quantitative estimate of drug-likeness (QED) is 0.428. The van der Waals surface area contributed by atoms with Crippen molar-refractivity contribution in [2.45, 2.75) is 19.6 Å². The van der Waals surface area contributed by atoms with Gasteiger partial charge in [0, 0.05) is 22.2 Å². The molecule has 5 heteroatoms. The maximum Gasteiger partial charge on any atom is 0.124 e. The van der Waals surface area contributed by atoms with E-state index in [1.54, 1.807) is 0 Å². The van der Waals surface area contributed by atoms with E-state index in [-0.39, 0.29) is 12.4 Å². The van der Waals surface area contributed by atoms with E-state index in [2.05, 4.69) is 23.5 Å². The van der Waals surface area contributed by atoms with Crippen molar-refractivity contribution in [1.29, 1.82) is 0 Å². The normalized spacial score (nSPS) is 10.3. The summed E-state index contributed by atoms with van der Waals surface area (Å²) in [6.07, 6.45) is 0.963. The van der Waals surface area contributed by atoms with Crippen LogP contribution in [0.4, 0.5) is 0 Å². The number of nitrogens with one attached hydrogen (secondary N) is 1. The smallest absolute Gasteiger partial charge is 0.124 e. The molecule has 0 spiro atoms. The Labute approximate surface area is 176 Å². The second kappa shape index (κ2) is 11.2. The fourth-order valence-corrected chi connectivity index (χ4v) is 2.89. The van der Waals surface area contributed by atoms with Gasteiger partial charge in [0.15, 0.2) is 0 Å². The predicted molar refractivity (Wildman–Crippen MR) is 116 cm³/mol. The Morgan fingerprint density at radius 1 is 0.741 bits per heavy atom. The van der Waals surface area contributed by atoms with Crippen molar-refractivity contribution in [3.05, 3.63) is 99.5 Å². The highest BCUT2D eigenvalue weighted by Crippen LogP contribution is 2.20. The molecule has 142 valence electrons. The molecule has 0 aromatic heterocycles. The molecule has 0 aliphatic rings. The molecular weight excluding hydrogens is 401 g/mol. The lowest BCUT2D eigenvalue weighted by atomic mass is 10.1. The SMILES string of the molecule is Cl.Clc1ccc(CCNCc2ccccc2OCc2ccc(Cl)cc2)cc1. The van der Waals surface area contributed by atoms with Gasteiger partial charge in [-0.1, -0.05) is 65.7 Å². The number of rotatable bonds is 8. The van der Waals surface area contributed by atoms with Crippen LogP contribution in [0.1, 0.15) is 16.7 Å². The summed E-state index contributed by atoms with van der Waals surface area (Å²) >= 11 is 11.8. The molecule has 3 aromatic carbocycles. The summed E-state index contributed by atoms with van der Waals surface area (Å²) in [7, 11) is 0. The molecule has 0 aliphatic carbocycles. The lowest BCUT2D eigenvalue weighted by Crippen LogP contribution is -2.17. The van der Waals surface area contributed by atoms with Crippen LogP contribution in [0.25, 0.3) is 0 Å². The maximum atomic E-state index is 5.99. The Morgan fingerprint density at radius 3 is 2.00 bits per heavy atom. The van der Waals surface area contributed by atoms with Crippen LogP contribution >= 0.6 is 35.6 Å². The highest BCUT2D eigenvalue weighted by atomic mass is 35.5. The lowest BCUT2D eigenvalue weighted by molar-refractivity contribution is 0.302.